The number of hydrogen-bond donors (Lipinski definition) is 2. The lowest BCUT2D eigenvalue weighted by molar-refractivity contribution is 0.125. The van der Waals surface area contributed by atoms with Crippen LogP contribution < -0.4 is 10.5 Å². The number of hydrogen-bond acceptors (Lipinski definition) is 5. The number of nitrogens with two attached hydrogens (primary N) is 1. The summed E-state index contributed by atoms with van der Waals surface area (Å²) in [6.45, 7) is 1.94. The minimum absolute atomic E-state index is 0. The first-order valence-electron chi connectivity index (χ1n) is 9.23. The van der Waals surface area contributed by atoms with Crippen LogP contribution in [0.15, 0.2) is 34.5 Å². The van der Waals surface area contributed by atoms with E-state index in [4.69, 9.17) is 5.73 Å². The highest BCUT2D eigenvalue weighted by Gasteiger charge is 2.41. The summed E-state index contributed by atoms with van der Waals surface area (Å²) in [6.07, 6.45) is 5.15. The molecule has 2 aliphatic carbocycles. The summed E-state index contributed by atoms with van der Waals surface area (Å²) in [4.78, 5) is 4.78. The van der Waals surface area contributed by atoms with E-state index in [-0.39, 0.29) is 24.5 Å². The van der Waals surface area contributed by atoms with Crippen LogP contribution in [0.5, 0.6) is 0 Å². The van der Waals surface area contributed by atoms with E-state index in [1.165, 1.54) is 17.8 Å². The zero-order chi connectivity index (χ0) is 18.3. The van der Waals surface area contributed by atoms with E-state index in [0.29, 0.717) is 16.7 Å². The lowest BCUT2D eigenvalue weighted by Crippen LogP contribution is -2.53. The van der Waals surface area contributed by atoms with Crippen molar-refractivity contribution >= 4 is 33.8 Å². The molecular formula is C19H26ClN3O2S2. The van der Waals surface area contributed by atoms with E-state index in [1.54, 1.807) is 18.2 Å². The summed E-state index contributed by atoms with van der Waals surface area (Å²) in [5.74, 6) is 0.717. The van der Waals surface area contributed by atoms with Crippen LogP contribution in [0, 0.1) is 18.8 Å². The summed E-state index contributed by atoms with van der Waals surface area (Å²) in [7, 11) is -3.56. The highest BCUT2D eigenvalue weighted by atomic mass is 35.5. The first-order valence-corrected chi connectivity index (χ1v) is 11.6. The van der Waals surface area contributed by atoms with Gasteiger partial charge >= 0.3 is 0 Å². The number of sulfonamides is 1. The number of aryl methyl sites for hydroxylation is 1. The Morgan fingerprint density at radius 1 is 1.22 bits per heavy atom. The highest BCUT2D eigenvalue weighted by molar-refractivity contribution is 7.89. The van der Waals surface area contributed by atoms with Crippen molar-refractivity contribution in [3.05, 3.63) is 35.3 Å². The average Bonchev–Trinajstić information content (AvgIpc) is 3.02. The molecule has 2 bridgehead atoms. The molecule has 8 heteroatoms. The van der Waals surface area contributed by atoms with Crippen molar-refractivity contribution < 1.29 is 8.42 Å². The summed E-state index contributed by atoms with van der Waals surface area (Å²) in [6, 6.07) is 7.31. The minimum Gasteiger partial charge on any atom is -0.328 e. The zero-order valence-electron chi connectivity index (χ0n) is 15.3. The number of benzene rings is 1. The predicted molar refractivity (Wildman–Crippen MR) is 112 cm³/mol. The van der Waals surface area contributed by atoms with Gasteiger partial charge in [-0.2, -0.15) is 0 Å². The quantitative estimate of drug-likeness (QED) is 0.778. The Hall–Kier alpha value is -0.990. The molecule has 2 aliphatic rings. The molecule has 2 unspecified atom stereocenters. The van der Waals surface area contributed by atoms with Gasteiger partial charge < -0.3 is 5.73 Å². The molecule has 27 heavy (non-hydrogen) atoms. The van der Waals surface area contributed by atoms with Crippen LogP contribution in [0.1, 0.15) is 37.8 Å². The summed E-state index contributed by atoms with van der Waals surface area (Å²) >= 11 is 1.53. The van der Waals surface area contributed by atoms with E-state index in [0.717, 1.165) is 41.9 Å². The SMILES string of the molecule is Cc1csc(-c2cccc(S(=O)(=O)NC3C4CCCC3CC(N)C4)c2)n1.Cl. The van der Waals surface area contributed by atoms with Gasteiger partial charge in [0.1, 0.15) is 5.01 Å². The van der Waals surface area contributed by atoms with Crippen molar-refractivity contribution in [2.75, 3.05) is 0 Å². The van der Waals surface area contributed by atoms with E-state index < -0.39 is 10.0 Å². The normalized spacial score (nSPS) is 27.8. The van der Waals surface area contributed by atoms with Gasteiger partial charge in [-0.3, -0.25) is 0 Å². The smallest absolute Gasteiger partial charge is 0.240 e. The fourth-order valence-corrected chi connectivity index (χ4v) is 6.73. The van der Waals surface area contributed by atoms with Gasteiger partial charge in [-0.1, -0.05) is 18.6 Å². The molecule has 0 radical (unpaired) electrons. The Labute approximate surface area is 171 Å². The molecule has 0 amide bonds. The third-order valence-corrected chi connectivity index (χ3v) is 8.14. The van der Waals surface area contributed by atoms with Gasteiger partial charge in [0, 0.05) is 28.7 Å². The lowest BCUT2D eigenvalue weighted by atomic mass is 9.67. The number of nitrogens with one attached hydrogen (secondary N) is 1. The van der Waals surface area contributed by atoms with Gasteiger partial charge in [0.15, 0.2) is 0 Å². The molecule has 2 aromatic rings. The topological polar surface area (TPSA) is 85.1 Å². The largest absolute Gasteiger partial charge is 0.328 e. The van der Waals surface area contributed by atoms with Crippen LogP contribution in [0.3, 0.4) is 0 Å². The first kappa shape index (κ1) is 20.7. The van der Waals surface area contributed by atoms with E-state index >= 15 is 0 Å². The van der Waals surface area contributed by atoms with Crippen LogP contribution in [-0.4, -0.2) is 25.5 Å². The molecule has 2 atom stereocenters. The van der Waals surface area contributed by atoms with Gasteiger partial charge in [-0.05, 0) is 56.6 Å². The molecule has 0 saturated heterocycles. The van der Waals surface area contributed by atoms with Gasteiger partial charge in [-0.25, -0.2) is 18.1 Å². The Morgan fingerprint density at radius 3 is 2.56 bits per heavy atom. The van der Waals surface area contributed by atoms with Crippen molar-refractivity contribution in [1.82, 2.24) is 9.71 Å². The highest BCUT2D eigenvalue weighted by Crippen LogP contribution is 2.40. The maximum Gasteiger partial charge on any atom is 0.240 e. The maximum absolute atomic E-state index is 13.0. The zero-order valence-corrected chi connectivity index (χ0v) is 17.7. The van der Waals surface area contributed by atoms with Crippen LogP contribution in [0.4, 0.5) is 0 Å². The average molecular weight is 428 g/mol. The number of halogens is 1. The van der Waals surface area contributed by atoms with Gasteiger partial charge in [0.25, 0.3) is 0 Å². The van der Waals surface area contributed by atoms with Crippen molar-refractivity contribution in [3.8, 4) is 10.6 Å². The van der Waals surface area contributed by atoms with Gasteiger partial charge in [0.2, 0.25) is 10.0 Å². The number of aromatic nitrogens is 1. The van der Waals surface area contributed by atoms with Crippen molar-refractivity contribution in [2.24, 2.45) is 17.6 Å². The Morgan fingerprint density at radius 2 is 1.93 bits per heavy atom. The summed E-state index contributed by atoms with van der Waals surface area (Å²) < 4.78 is 29.1. The first-order chi connectivity index (χ1) is 12.4. The molecule has 3 N–H and O–H groups in total. The molecule has 5 nitrogen and oxygen atoms in total. The fourth-order valence-electron chi connectivity index (χ4n) is 4.51. The van der Waals surface area contributed by atoms with Crippen LogP contribution in [0.25, 0.3) is 10.6 Å². The second kappa shape index (κ2) is 8.17. The monoisotopic (exact) mass is 427 g/mol. The van der Waals surface area contributed by atoms with Crippen molar-refractivity contribution in [2.45, 2.75) is 56.0 Å². The van der Waals surface area contributed by atoms with Crippen LogP contribution in [-0.2, 0) is 10.0 Å². The van der Waals surface area contributed by atoms with Crippen LogP contribution >= 0.6 is 23.7 Å². The second-order valence-electron chi connectivity index (χ2n) is 7.65. The molecule has 1 heterocycles. The second-order valence-corrected chi connectivity index (χ2v) is 10.2. The minimum atomic E-state index is -3.56. The number of rotatable bonds is 4. The van der Waals surface area contributed by atoms with Gasteiger partial charge in [-0.15, -0.1) is 23.7 Å². The standard InChI is InChI=1S/C19H25N3O2S2.ClH/c1-12-11-25-19(21-12)15-6-3-7-17(10-15)26(23,24)22-18-13-4-2-5-14(18)9-16(20)8-13;/h3,6-7,10-11,13-14,16,18,22H,2,4-5,8-9,20H2,1H3;1H. The Kier molecular flexibility index (Phi) is 6.27. The van der Waals surface area contributed by atoms with E-state index in [1.807, 2.05) is 18.4 Å². The molecule has 2 fully saturated rings. The molecule has 0 spiro atoms. The summed E-state index contributed by atoms with van der Waals surface area (Å²) in [5, 5.41) is 2.82. The fraction of sp³-hybridized carbons (Fsp3) is 0.526. The molecule has 1 aromatic heterocycles. The molecule has 1 aromatic carbocycles. The van der Waals surface area contributed by atoms with E-state index in [9.17, 15) is 8.42 Å². The van der Waals surface area contributed by atoms with Crippen LogP contribution in [0.2, 0.25) is 0 Å². The van der Waals surface area contributed by atoms with E-state index in [2.05, 4.69) is 9.71 Å². The number of fused-ring (bicyclic) bond motifs is 2. The van der Waals surface area contributed by atoms with Gasteiger partial charge in [0.05, 0.1) is 4.90 Å². The lowest BCUT2D eigenvalue weighted by Gasteiger charge is -2.45. The molecular weight excluding hydrogens is 402 g/mol. The maximum atomic E-state index is 13.0. The third kappa shape index (κ3) is 4.38. The Bertz CT molecular complexity index is 886. The Balaban J connectivity index is 0.00000210. The van der Waals surface area contributed by atoms with Crippen molar-refractivity contribution in [1.29, 1.82) is 0 Å². The van der Waals surface area contributed by atoms with Crippen molar-refractivity contribution in [3.63, 3.8) is 0 Å². The molecule has 0 aliphatic heterocycles. The third-order valence-electron chi connectivity index (χ3n) is 5.68. The predicted octanol–water partition coefficient (Wildman–Crippen LogP) is 3.72. The molecule has 4 rings (SSSR count). The summed E-state index contributed by atoms with van der Waals surface area (Å²) in [5.41, 5.74) is 7.96. The molecule has 148 valence electrons. The number of nitrogens with zero attached hydrogens (tertiary/aromatic N) is 1. The molecule has 2 saturated carbocycles. The number of thiazole rings is 1.